The summed E-state index contributed by atoms with van der Waals surface area (Å²) in [6.45, 7) is 2.10. The molecule has 0 aliphatic rings. The van der Waals surface area contributed by atoms with E-state index < -0.39 is 5.97 Å². The van der Waals surface area contributed by atoms with Gasteiger partial charge >= 0.3 is 5.97 Å². The molecule has 0 amide bonds. The Bertz CT molecular complexity index is 499. The number of rotatable bonds is 3. The molecule has 1 N–H and O–H groups in total. The van der Waals surface area contributed by atoms with Gasteiger partial charge in [-0.1, -0.05) is 19.1 Å². The van der Waals surface area contributed by atoms with Gasteiger partial charge in [0.1, 0.15) is 0 Å². The fourth-order valence-electron chi connectivity index (χ4n) is 1.65. The third-order valence-corrected chi connectivity index (χ3v) is 3.48. The molecule has 0 radical (unpaired) electrons. The standard InChI is InChI=1S/C12H12O2S/c1-2-8-3-4-11-10(5-8)9(7-15-11)6-12(13)14/h3-5,7H,2,6H2,1H3,(H,13,14). The van der Waals surface area contributed by atoms with E-state index in [9.17, 15) is 4.79 Å². The number of carbonyl (C=O) groups is 1. The highest BCUT2D eigenvalue weighted by molar-refractivity contribution is 7.17. The van der Waals surface area contributed by atoms with Gasteiger partial charge in [0.05, 0.1) is 6.42 Å². The van der Waals surface area contributed by atoms with E-state index in [0.29, 0.717) is 0 Å². The number of hydrogen-bond acceptors (Lipinski definition) is 2. The molecule has 2 rings (SSSR count). The number of benzene rings is 1. The molecule has 15 heavy (non-hydrogen) atoms. The van der Waals surface area contributed by atoms with Crippen molar-refractivity contribution in [3.8, 4) is 0 Å². The van der Waals surface area contributed by atoms with Gasteiger partial charge in [-0.15, -0.1) is 11.3 Å². The molecule has 1 aromatic heterocycles. The van der Waals surface area contributed by atoms with Gasteiger partial charge in [0.15, 0.2) is 0 Å². The molecular weight excluding hydrogens is 208 g/mol. The smallest absolute Gasteiger partial charge is 0.307 e. The van der Waals surface area contributed by atoms with E-state index in [0.717, 1.165) is 17.4 Å². The quantitative estimate of drug-likeness (QED) is 0.863. The highest BCUT2D eigenvalue weighted by Gasteiger charge is 2.07. The zero-order chi connectivity index (χ0) is 10.8. The van der Waals surface area contributed by atoms with E-state index >= 15 is 0 Å². The largest absolute Gasteiger partial charge is 0.481 e. The van der Waals surface area contributed by atoms with Gasteiger partial charge in [-0.2, -0.15) is 0 Å². The van der Waals surface area contributed by atoms with E-state index in [1.165, 1.54) is 10.3 Å². The Balaban J connectivity index is 2.51. The highest BCUT2D eigenvalue weighted by Crippen LogP contribution is 2.27. The summed E-state index contributed by atoms with van der Waals surface area (Å²) < 4.78 is 1.17. The first kappa shape index (κ1) is 10.2. The Hall–Kier alpha value is -1.35. The molecular formula is C12H12O2S. The predicted molar refractivity (Wildman–Crippen MR) is 62.5 cm³/mol. The van der Waals surface area contributed by atoms with Crippen molar-refractivity contribution in [2.75, 3.05) is 0 Å². The lowest BCUT2D eigenvalue weighted by Crippen LogP contribution is -1.98. The van der Waals surface area contributed by atoms with Crippen LogP contribution in [0.5, 0.6) is 0 Å². The maximum atomic E-state index is 10.7. The normalized spacial score (nSPS) is 10.7. The van der Waals surface area contributed by atoms with Crippen LogP contribution >= 0.6 is 11.3 Å². The Morgan fingerprint density at radius 1 is 1.47 bits per heavy atom. The topological polar surface area (TPSA) is 37.3 Å². The zero-order valence-corrected chi connectivity index (χ0v) is 9.30. The lowest BCUT2D eigenvalue weighted by atomic mass is 10.1. The van der Waals surface area contributed by atoms with Crippen LogP contribution in [0.25, 0.3) is 10.1 Å². The van der Waals surface area contributed by atoms with Crippen LogP contribution in [-0.2, 0) is 17.6 Å². The maximum absolute atomic E-state index is 10.7. The summed E-state index contributed by atoms with van der Waals surface area (Å²) in [5.41, 5.74) is 2.19. The monoisotopic (exact) mass is 220 g/mol. The van der Waals surface area contributed by atoms with Crippen LogP contribution in [0.1, 0.15) is 18.1 Å². The van der Waals surface area contributed by atoms with E-state index in [2.05, 4.69) is 25.1 Å². The lowest BCUT2D eigenvalue weighted by Gasteiger charge is -1.98. The number of carboxylic acids is 1. The minimum atomic E-state index is -0.767. The van der Waals surface area contributed by atoms with Crippen LogP contribution in [0.4, 0.5) is 0 Å². The van der Waals surface area contributed by atoms with E-state index in [1.54, 1.807) is 11.3 Å². The molecule has 0 aliphatic heterocycles. The van der Waals surface area contributed by atoms with Crippen LogP contribution in [0, 0.1) is 0 Å². The molecule has 0 saturated heterocycles. The fraction of sp³-hybridized carbons (Fsp3) is 0.250. The summed E-state index contributed by atoms with van der Waals surface area (Å²) in [5, 5.41) is 11.8. The molecule has 0 bridgehead atoms. The fourth-order valence-corrected chi connectivity index (χ4v) is 2.59. The first-order valence-electron chi connectivity index (χ1n) is 4.91. The van der Waals surface area contributed by atoms with Crippen LogP contribution in [0.2, 0.25) is 0 Å². The molecule has 1 heterocycles. The number of thiophene rings is 1. The second-order valence-corrected chi connectivity index (χ2v) is 4.43. The average Bonchev–Trinajstić information content (AvgIpc) is 2.60. The Morgan fingerprint density at radius 2 is 2.27 bits per heavy atom. The van der Waals surface area contributed by atoms with E-state index in [4.69, 9.17) is 5.11 Å². The molecule has 3 heteroatoms. The molecule has 78 valence electrons. The maximum Gasteiger partial charge on any atom is 0.307 e. The summed E-state index contributed by atoms with van der Waals surface area (Å²) in [6.07, 6.45) is 1.10. The lowest BCUT2D eigenvalue weighted by molar-refractivity contribution is -0.136. The van der Waals surface area contributed by atoms with Gasteiger partial charge in [-0.25, -0.2) is 0 Å². The molecule has 0 saturated carbocycles. The molecule has 0 atom stereocenters. The van der Waals surface area contributed by atoms with Crippen molar-refractivity contribution in [2.45, 2.75) is 19.8 Å². The zero-order valence-electron chi connectivity index (χ0n) is 8.49. The number of fused-ring (bicyclic) bond motifs is 1. The number of hydrogen-bond donors (Lipinski definition) is 1. The highest BCUT2D eigenvalue weighted by atomic mass is 32.1. The molecule has 0 aliphatic carbocycles. The van der Waals surface area contributed by atoms with Crippen LogP contribution in [0.15, 0.2) is 23.6 Å². The minimum absolute atomic E-state index is 0.118. The Kier molecular flexibility index (Phi) is 2.73. The number of carboxylic acid groups (broad SMARTS) is 1. The van der Waals surface area contributed by atoms with Gasteiger partial charge in [-0.3, -0.25) is 4.79 Å². The second kappa shape index (κ2) is 4.03. The van der Waals surface area contributed by atoms with Gasteiger partial charge in [0.2, 0.25) is 0 Å². The predicted octanol–water partition coefficient (Wildman–Crippen LogP) is 3.09. The second-order valence-electron chi connectivity index (χ2n) is 3.52. The van der Waals surface area contributed by atoms with Crippen molar-refractivity contribution >= 4 is 27.4 Å². The van der Waals surface area contributed by atoms with Crippen molar-refractivity contribution in [1.29, 1.82) is 0 Å². The molecule has 2 nitrogen and oxygen atoms in total. The van der Waals surface area contributed by atoms with Gasteiger partial charge in [-0.05, 0) is 34.4 Å². The van der Waals surface area contributed by atoms with Crippen LogP contribution in [-0.4, -0.2) is 11.1 Å². The molecule has 0 unspecified atom stereocenters. The average molecular weight is 220 g/mol. The van der Waals surface area contributed by atoms with Crippen molar-refractivity contribution in [3.63, 3.8) is 0 Å². The van der Waals surface area contributed by atoms with Gasteiger partial charge in [0, 0.05) is 4.70 Å². The van der Waals surface area contributed by atoms with Gasteiger partial charge in [0.25, 0.3) is 0 Å². The Labute approximate surface area is 92.2 Å². The minimum Gasteiger partial charge on any atom is -0.481 e. The third-order valence-electron chi connectivity index (χ3n) is 2.47. The molecule has 0 fully saturated rings. The summed E-state index contributed by atoms with van der Waals surface area (Å²) in [4.78, 5) is 10.7. The summed E-state index contributed by atoms with van der Waals surface area (Å²) in [7, 11) is 0. The number of aliphatic carboxylic acids is 1. The first-order valence-corrected chi connectivity index (χ1v) is 5.79. The van der Waals surface area contributed by atoms with E-state index in [1.807, 2.05) is 5.38 Å². The Morgan fingerprint density at radius 3 is 2.93 bits per heavy atom. The summed E-state index contributed by atoms with van der Waals surface area (Å²) in [5.74, 6) is -0.767. The molecule has 0 spiro atoms. The third kappa shape index (κ3) is 2.02. The van der Waals surface area contributed by atoms with Gasteiger partial charge < -0.3 is 5.11 Å². The number of aryl methyl sites for hydroxylation is 1. The van der Waals surface area contributed by atoms with E-state index in [-0.39, 0.29) is 6.42 Å². The summed E-state index contributed by atoms with van der Waals surface area (Å²) in [6, 6.07) is 6.28. The molecule has 2 aromatic rings. The van der Waals surface area contributed by atoms with Crippen LogP contribution < -0.4 is 0 Å². The van der Waals surface area contributed by atoms with Crippen molar-refractivity contribution < 1.29 is 9.90 Å². The van der Waals surface area contributed by atoms with Crippen molar-refractivity contribution in [2.24, 2.45) is 0 Å². The first-order chi connectivity index (χ1) is 7.20. The molecule has 1 aromatic carbocycles. The van der Waals surface area contributed by atoms with Crippen molar-refractivity contribution in [3.05, 3.63) is 34.7 Å². The summed E-state index contributed by atoms with van der Waals surface area (Å²) >= 11 is 1.61. The van der Waals surface area contributed by atoms with Crippen LogP contribution in [0.3, 0.4) is 0 Å². The van der Waals surface area contributed by atoms with Crippen molar-refractivity contribution in [1.82, 2.24) is 0 Å². The SMILES string of the molecule is CCc1ccc2scc(CC(=O)O)c2c1.